The Morgan fingerprint density at radius 3 is 1.64 bits per heavy atom. The van der Waals surface area contributed by atoms with Crippen molar-refractivity contribution in [1.29, 1.82) is 5.26 Å². The first kappa shape index (κ1) is 49.8. The largest absolute Gasteiger partial charge is 0.488 e. The molecule has 0 bridgehead atoms. The zero-order valence-electron chi connectivity index (χ0n) is 38.0. The van der Waals surface area contributed by atoms with Crippen molar-refractivity contribution in [3.8, 4) is 40.2 Å². The molecule has 8 rings (SSSR count). The number of likely N-dealkylation sites (tertiary alicyclic amines) is 2. The van der Waals surface area contributed by atoms with Gasteiger partial charge in [0.2, 0.25) is 5.69 Å². The highest BCUT2D eigenvalue weighted by atomic mass is 35.5. The van der Waals surface area contributed by atoms with E-state index in [1.54, 1.807) is 52.5 Å². The molecule has 0 saturated carbocycles. The maximum atomic E-state index is 13.9. The topological polar surface area (TPSA) is 152 Å². The van der Waals surface area contributed by atoms with Crippen LogP contribution in [0.1, 0.15) is 81.1 Å². The zero-order valence-corrected chi connectivity index (χ0v) is 41.0. The molecule has 0 radical (unpaired) electrons. The number of pyridine rings is 2. The number of carbonyl (C=O) groups excluding carboxylic acids is 2. The van der Waals surface area contributed by atoms with Crippen LogP contribution in [0.25, 0.3) is 16.0 Å². The van der Waals surface area contributed by atoms with E-state index in [1.165, 1.54) is 18.5 Å². The van der Waals surface area contributed by atoms with Gasteiger partial charge in [0.1, 0.15) is 55.5 Å². The molecule has 4 heterocycles. The first-order chi connectivity index (χ1) is 33.9. The normalized spacial score (nSPS) is 14.1. The van der Waals surface area contributed by atoms with Crippen LogP contribution in [0.15, 0.2) is 97.6 Å². The Kier molecular flexibility index (Phi) is 16.3. The Hall–Kier alpha value is -6.58. The molecule has 1 N–H and O–H groups in total. The van der Waals surface area contributed by atoms with Crippen LogP contribution in [0.3, 0.4) is 0 Å². The average molecular weight is 1020 g/mol. The van der Waals surface area contributed by atoms with E-state index in [2.05, 4.69) is 27.8 Å². The standard InChI is InChI=1S/C53H46Cl4N6O7/c1-32-9-13-62(14-10-32)52(65)42-19-44(54)48(21-46(42)67-28-34-17-33(23-58)24-60-25-34)69-30-36-5-3-7-40(50(36)56)41-8-4-6-37(51(41)57)31-70-49-22-47(68-29-35-18-38(59-2)27-61-26-35)43(20-45(49)55)53(66)63-15-11-39(64)12-16-63/h3-8,17-22,24-27,32,39,64H,9-16,28-31H2,1H3. The van der Waals surface area contributed by atoms with Crippen LogP contribution in [0.2, 0.25) is 20.1 Å². The van der Waals surface area contributed by atoms with Gasteiger partial charge in [-0.2, -0.15) is 5.26 Å². The van der Waals surface area contributed by atoms with Crippen molar-refractivity contribution in [3.63, 3.8) is 0 Å². The van der Waals surface area contributed by atoms with E-state index < -0.39 is 6.10 Å². The molecule has 0 spiro atoms. The van der Waals surface area contributed by atoms with Gasteiger partial charge in [-0.05, 0) is 61.4 Å². The second-order valence-corrected chi connectivity index (χ2v) is 18.7. The number of benzene rings is 4. The SMILES string of the molecule is [C-]#[N+]c1cncc(COc2cc(OCc3cccc(-c4cccc(COc5cc(OCc6cncc(C#N)c6)c(C(=O)N6CCC(C)CC6)cc5Cl)c4Cl)c3Cl)c(Cl)cc2C(=O)N2CCC(O)CC2)c1. The van der Waals surface area contributed by atoms with Crippen LogP contribution in [-0.2, 0) is 26.4 Å². The van der Waals surface area contributed by atoms with Crippen molar-refractivity contribution in [3.05, 3.63) is 168 Å². The molecule has 0 atom stereocenters. The molecule has 0 unspecified atom stereocenters. The lowest BCUT2D eigenvalue weighted by atomic mass is 9.98. The molecule has 0 aliphatic carbocycles. The van der Waals surface area contributed by atoms with Gasteiger partial charge in [0.15, 0.2) is 0 Å². The van der Waals surface area contributed by atoms with Gasteiger partial charge in [0.25, 0.3) is 11.8 Å². The number of halogens is 4. The number of aromatic nitrogens is 2. The van der Waals surface area contributed by atoms with Crippen LogP contribution in [-0.4, -0.2) is 69.0 Å². The highest BCUT2D eigenvalue weighted by molar-refractivity contribution is 6.37. The highest BCUT2D eigenvalue weighted by Gasteiger charge is 2.28. The Labute approximate surface area is 425 Å². The molecule has 2 fully saturated rings. The van der Waals surface area contributed by atoms with Crippen LogP contribution in [0, 0.1) is 23.8 Å². The Bertz CT molecular complexity index is 2800. The van der Waals surface area contributed by atoms with E-state index in [0.717, 1.165) is 12.8 Å². The summed E-state index contributed by atoms with van der Waals surface area (Å²) in [6.07, 6.45) is 8.34. The quantitative estimate of drug-likeness (QED) is 0.0984. The predicted octanol–water partition coefficient (Wildman–Crippen LogP) is 12.0. The molecule has 358 valence electrons. The second-order valence-electron chi connectivity index (χ2n) is 17.1. The fraction of sp³-hybridized carbons (Fsp3) is 0.283. The van der Waals surface area contributed by atoms with E-state index in [4.69, 9.17) is 71.9 Å². The molecule has 4 aromatic carbocycles. The summed E-state index contributed by atoms with van der Waals surface area (Å²) in [5.74, 6) is 1.02. The number of hydrogen-bond acceptors (Lipinski definition) is 10. The summed E-state index contributed by atoms with van der Waals surface area (Å²) in [7, 11) is 0. The van der Waals surface area contributed by atoms with E-state index in [9.17, 15) is 20.0 Å². The molecule has 2 amide bonds. The van der Waals surface area contributed by atoms with Crippen LogP contribution >= 0.6 is 46.4 Å². The lowest BCUT2D eigenvalue weighted by molar-refractivity contribution is 0.0542. The minimum Gasteiger partial charge on any atom is -0.488 e. The number of nitriles is 1. The van der Waals surface area contributed by atoms with Gasteiger partial charge in [-0.3, -0.25) is 19.6 Å². The number of aliphatic hydroxyl groups is 1. The monoisotopic (exact) mass is 1020 g/mol. The molecule has 13 nitrogen and oxygen atoms in total. The van der Waals surface area contributed by atoms with Gasteiger partial charge in [-0.1, -0.05) is 89.7 Å². The Morgan fingerprint density at radius 1 is 0.671 bits per heavy atom. The fourth-order valence-electron chi connectivity index (χ4n) is 8.16. The molecular formula is C53H46Cl4N6O7. The third-order valence-corrected chi connectivity index (χ3v) is 13.7. The minimum atomic E-state index is -0.469. The number of amides is 2. The molecule has 70 heavy (non-hydrogen) atoms. The maximum Gasteiger partial charge on any atom is 0.257 e. The zero-order chi connectivity index (χ0) is 49.3. The highest BCUT2D eigenvalue weighted by Crippen LogP contribution is 2.41. The van der Waals surface area contributed by atoms with Crippen molar-refractivity contribution in [2.45, 2.75) is 65.1 Å². The summed E-state index contributed by atoms with van der Waals surface area (Å²) in [4.78, 5) is 42.9. The maximum absolute atomic E-state index is 13.9. The van der Waals surface area contributed by atoms with Gasteiger partial charge in [-0.15, -0.1) is 0 Å². The van der Waals surface area contributed by atoms with Gasteiger partial charge in [0, 0.05) is 90.9 Å². The van der Waals surface area contributed by atoms with Crippen LogP contribution in [0.5, 0.6) is 23.0 Å². The number of ether oxygens (including phenoxy) is 4. The number of nitrogens with zero attached hydrogens (tertiary/aromatic N) is 6. The Balaban J connectivity index is 1.01. The number of piperidine rings is 2. The Morgan fingerprint density at radius 2 is 1.14 bits per heavy atom. The van der Waals surface area contributed by atoms with Crippen molar-refractivity contribution in [1.82, 2.24) is 19.8 Å². The average Bonchev–Trinajstić information content (AvgIpc) is 3.38. The van der Waals surface area contributed by atoms with Crippen LogP contribution in [0.4, 0.5) is 5.69 Å². The molecule has 6 aromatic rings. The molecule has 2 aliphatic rings. The third-order valence-electron chi connectivity index (χ3n) is 12.2. The molecule has 2 aromatic heterocycles. The molecule has 17 heteroatoms. The summed E-state index contributed by atoms with van der Waals surface area (Å²) >= 11 is 27.9. The molecular weight excluding hydrogens is 974 g/mol. The van der Waals surface area contributed by atoms with Crippen molar-refractivity contribution < 1.29 is 33.6 Å². The number of hydrogen-bond donors (Lipinski definition) is 1. The van der Waals surface area contributed by atoms with E-state index in [1.807, 2.05) is 36.4 Å². The lowest BCUT2D eigenvalue weighted by Crippen LogP contribution is -2.40. The van der Waals surface area contributed by atoms with Crippen LogP contribution < -0.4 is 18.9 Å². The van der Waals surface area contributed by atoms with Gasteiger partial charge in [-0.25, -0.2) is 4.85 Å². The van der Waals surface area contributed by atoms with E-state index >= 15 is 0 Å². The lowest BCUT2D eigenvalue weighted by Gasteiger charge is -2.31. The summed E-state index contributed by atoms with van der Waals surface area (Å²) in [5, 5.41) is 20.6. The van der Waals surface area contributed by atoms with E-state index in [0.29, 0.717) is 105 Å². The minimum absolute atomic E-state index is 0.000316. The van der Waals surface area contributed by atoms with Crippen molar-refractivity contribution >= 4 is 63.9 Å². The van der Waals surface area contributed by atoms with Crippen molar-refractivity contribution in [2.75, 3.05) is 26.2 Å². The van der Waals surface area contributed by atoms with E-state index in [-0.39, 0.29) is 76.8 Å². The summed E-state index contributed by atoms with van der Waals surface area (Å²) < 4.78 is 25.0. The smallest absolute Gasteiger partial charge is 0.257 e. The summed E-state index contributed by atoms with van der Waals surface area (Å²) in [6, 6.07) is 22.7. The van der Waals surface area contributed by atoms with Crippen molar-refractivity contribution in [2.24, 2.45) is 5.92 Å². The van der Waals surface area contributed by atoms with Gasteiger partial charge in [0.05, 0.1) is 49.5 Å². The summed E-state index contributed by atoms with van der Waals surface area (Å²) in [6.45, 7) is 11.6. The number of carbonyl (C=O) groups is 2. The summed E-state index contributed by atoms with van der Waals surface area (Å²) in [5.41, 5.74) is 5.05. The van der Waals surface area contributed by atoms with Gasteiger partial charge < -0.3 is 33.9 Å². The number of rotatable bonds is 15. The van der Waals surface area contributed by atoms with Gasteiger partial charge >= 0.3 is 0 Å². The second kappa shape index (κ2) is 22.9. The molecule has 2 aliphatic heterocycles. The first-order valence-corrected chi connectivity index (χ1v) is 24.1. The molecule has 2 saturated heterocycles. The predicted molar refractivity (Wildman–Crippen MR) is 267 cm³/mol. The first-order valence-electron chi connectivity index (χ1n) is 22.5. The third kappa shape index (κ3) is 11.9. The number of aliphatic hydroxyl groups excluding tert-OH is 1. The fourth-order valence-corrected chi connectivity index (χ4v) is 9.16.